The van der Waals surface area contributed by atoms with E-state index in [-0.39, 0.29) is 17.9 Å². The highest BCUT2D eigenvalue weighted by molar-refractivity contribution is 5.63. The van der Waals surface area contributed by atoms with Gasteiger partial charge in [0.2, 0.25) is 5.95 Å². The van der Waals surface area contributed by atoms with Gasteiger partial charge in [0.25, 0.3) is 0 Å². The van der Waals surface area contributed by atoms with Gasteiger partial charge < -0.3 is 15.4 Å². The Kier molecular flexibility index (Phi) is 7.79. The minimum absolute atomic E-state index is 0.0531. The summed E-state index contributed by atoms with van der Waals surface area (Å²) in [6.07, 6.45) is -1.85. The molecule has 3 rings (SSSR count). The second kappa shape index (κ2) is 10.6. The number of aromatic nitrogens is 2. The van der Waals surface area contributed by atoms with Gasteiger partial charge in [-0.1, -0.05) is 32.9 Å². The van der Waals surface area contributed by atoms with Crippen LogP contribution >= 0.6 is 0 Å². The minimum atomic E-state index is -4.59. The first kappa shape index (κ1) is 24.4. The van der Waals surface area contributed by atoms with Crippen molar-refractivity contribution in [2.45, 2.75) is 58.7 Å². The van der Waals surface area contributed by atoms with E-state index in [1.54, 1.807) is 36.4 Å². The average molecular weight is 459 g/mol. The number of nitrogens with zero attached hydrogens (tertiary/aromatic N) is 2. The first-order valence-electron chi connectivity index (χ1n) is 11.0. The van der Waals surface area contributed by atoms with E-state index in [4.69, 9.17) is 4.74 Å². The van der Waals surface area contributed by atoms with Crippen molar-refractivity contribution < 1.29 is 17.9 Å². The van der Waals surface area contributed by atoms with Crippen LogP contribution < -0.4 is 15.4 Å². The topological polar surface area (TPSA) is 59.1 Å². The molecule has 1 heterocycles. The van der Waals surface area contributed by atoms with Crippen molar-refractivity contribution in [1.29, 1.82) is 0 Å². The van der Waals surface area contributed by atoms with Crippen LogP contribution in [0.4, 0.5) is 36.3 Å². The summed E-state index contributed by atoms with van der Waals surface area (Å²) < 4.78 is 46.4. The molecule has 0 aliphatic rings. The molecule has 0 amide bonds. The lowest BCUT2D eigenvalue weighted by Gasteiger charge is -2.16. The number of rotatable bonds is 9. The maximum atomic E-state index is 13.5. The maximum Gasteiger partial charge on any atom is 0.421 e. The molecule has 33 heavy (non-hydrogen) atoms. The lowest BCUT2D eigenvalue weighted by Crippen LogP contribution is -2.12. The molecule has 0 bridgehead atoms. The van der Waals surface area contributed by atoms with Crippen molar-refractivity contribution in [3.05, 3.63) is 65.9 Å². The number of hydrogen-bond acceptors (Lipinski definition) is 5. The molecule has 0 spiro atoms. The number of anilines is 4. The molecule has 8 heteroatoms. The van der Waals surface area contributed by atoms with E-state index < -0.39 is 11.7 Å². The van der Waals surface area contributed by atoms with E-state index in [0.717, 1.165) is 24.6 Å². The van der Waals surface area contributed by atoms with Crippen LogP contribution in [0.5, 0.6) is 5.75 Å². The van der Waals surface area contributed by atoms with E-state index in [9.17, 15) is 13.2 Å². The molecule has 0 radical (unpaired) electrons. The summed E-state index contributed by atoms with van der Waals surface area (Å²) in [7, 11) is 0. The normalized spacial score (nSPS) is 13.3. The molecular formula is C25H29F3N4O. The third-order valence-corrected chi connectivity index (χ3v) is 5.47. The zero-order valence-corrected chi connectivity index (χ0v) is 19.2. The van der Waals surface area contributed by atoms with E-state index in [1.807, 2.05) is 26.0 Å². The molecule has 0 saturated carbocycles. The summed E-state index contributed by atoms with van der Waals surface area (Å²) in [5, 5.41) is 5.75. The predicted molar refractivity (Wildman–Crippen MR) is 126 cm³/mol. The van der Waals surface area contributed by atoms with Crippen LogP contribution in [-0.2, 0) is 6.18 Å². The number of hydrogen-bond donors (Lipinski definition) is 2. The second-order valence-corrected chi connectivity index (χ2v) is 8.00. The molecule has 176 valence electrons. The molecule has 2 atom stereocenters. The SMILES string of the molecule is CCC(C)Oc1ccc(Nc2ncc(C(F)(F)F)c(Nc3ccc(C(C)CC)cc3)n2)cc1. The van der Waals surface area contributed by atoms with Gasteiger partial charge in [-0.3, -0.25) is 0 Å². The Bertz CT molecular complexity index is 1040. The molecule has 2 unspecified atom stereocenters. The van der Waals surface area contributed by atoms with Gasteiger partial charge in [0.15, 0.2) is 0 Å². The first-order valence-corrected chi connectivity index (χ1v) is 11.0. The molecule has 0 aliphatic heterocycles. The number of halogens is 3. The zero-order valence-electron chi connectivity index (χ0n) is 19.2. The van der Waals surface area contributed by atoms with Crippen LogP contribution in [0.1, 0.15) is 57.6 Å². The Hall–Kier alpha value is -3.29. The zero-order chi connectivity index (χ0) is 24.0. The Morgan fingerprint density at radius 3 is 2.06 bits per heavy atom. The monoisotopic (exact) mass is 458 g/mol. The number of ether oxygens (including phenoxy) is 1. The maximum absolute atomic E-state index is 13.5. The second-order valence-electron chi connectivity index (χ2n) is 8.00. The first-order chi connectivity index (χ1) is 15.7. The molecule has 3 aromatic rings. The van der Waals surface area contributed by atoms with Gasteiger partial charge in [0.05, 0.1) is 6.10 Å². The fraction of sp³-hybridized carbons (Fsp3) is 0.360. The predicted octanol–water partition coefficient (Wildman–Crippen LogP) is 7.67. The Morgan fingerprint density at radius 1 is 0.879 bits per heavy atom. The van der Waals surface area contributed by atoms with Crippen molar-refractivity contribution in [1.82, 2.24) is 9.97 Å². The molecule has 2 N–H and O–H groups in total. The van der Waals surface area contributed by atoms with E-state index in [1.165, 1.54) is 0 Å². The van der Waals surface area contributed by atoms with Gasteiger partial charge in [-0.2, -0.15) is 18.2 Å². The minimum Gasteiger partial charge on any atom is -0.491 e. The van der Waals surface area contributed by atoms with Gasteiger partial charge in [-0.05, 0) is 67.6 Å². The van der Waals surface area contributed by atoms with E-state index >= 15 is 0 Å². The summed E-state index contributed by atoms with van der Waals surface area (Å²) in [5.74, 6) is 0.832. The van der Waals surface area contributed by atoms with Crippen molar-refractivity contribution in [3.63, 3.8) is 0 Å². The summed E-state index contributed by atoms with van der Waals surface area (Å²) >= 11 is 0. The Labute approximate surface area is 192 Å². The molecular weight excluding hydrogens is 429 g/mol. The molecule has 0 fully saturated rings. The molecule has 2 aromatic carbocycles. The van der Waals surface area contributed by atoms with Gasteiger partial charge in [-0.25, -0.2) is 4.98 Å². The van der Waals surface area contributed by atoms with Crippen LogP contribution in [0.25, 0.3) is 0 Å². The number of nitrogens with one attached hydrogen (secondary N) is 2. The van der Waals surface area contributed by atoms with Crippen LogP contribution in [0.2, 0.25) is 0 Å². The van der Waals surface area contributed by atoms with Gasteiger partial charge in [0, 0.05) is 17.6 Å². The van der Waals surface area contributed by atoms with Crippen molar-refractivity contribution in [3.8, 4) is 5.75 Å². The highest BCUT2D eigenvalue weighted by Crippen LogP contribution is 2.35. The summed E-state index contributed by atoms with van der Waals surface area (Å²) in [6, 6.07) is 14.4. The smallest absolute Gasteiger partial charge is 0.421 e. The summed E-state index contributed by atoms with van der Waals surface area (Å²) in [6.45, 7) is 8.21. The third-order valence-electron chi connectivity index (χ3n) is 5.47. The summed E-state index contributed by atoms with van der Waals surface area (Å²) in [4.78, 5) is 7.96. The summed E-state index contributed by atoms with van der Waals surface area (Å²) in [5.41, 5.74) is 1.35. The highest BCUT2D eigenvalue weighted by Gasteiger charge is 2.35. The third kappa shape index (κ3) is 6.60. The lowest BCUT2D eigenvalue weighted by molar-refractivity contribution is -0.137. The van der Waals surface area contributed by atoms with Crippen LogP contribution in [0, 0.1) is 0 Å². The van der Waals surface area contributed by atoms with Crippen molar-refractivity contribution in [2.75, 3.05) is 10.6 Å². The average Bonchev–Trinajstić information content (AvgIpc) is 2.79. The fourth-order valence-electron chi connectivity index (χ4n) is 3.07. The van der Waals surface area contributed by atoms with Crippen molar-refractivity contribution >= 4 is 23.1 Å². The quantitative estimate of drug-likeness (QED) is 0.344. The standard InChI is InChI=1S/C25H29F3N4O/c1-5-16(3)18-7-9-19(10-8-18)30-23-22(25(26,27)28)15-29-24(32-23)31-20-11-13-21(14-12-20)33-17(4)6-2/h7-17H,5-6H2,1-4H3,(H2,29,30,31,32). The Morgan fingerprint density at radius 2 is 1.48 bits per heavy atom. The van der Waals surface area contributed by atoms with Gasteiger partial charge >= 0.3 is 6.18 Å². The molecule has 5 nitrogen and oxygen atoms in total. The number of benzene rings is 2. The fourth-order valence-corrected chi connectivity index (χ4v) is 3.07. The van der Waals surface area contributed by atoms with Crippen molar-refractivity contribution in [2.24, 2.45) is 0 Å². The van der Waals surface area contributed by atoms with Crippen LogP contribution in [0.15, 0.2) is 54.7 Å². The molecule has 0 saturated heterocycles. The lowest BCUT2D eigenvalue weighted by atomic mass is 9.99. The van der Waals surface area contributed by atoms with Gasteiger partial charge in [-0.15, -0.1) is 0 Å². The largest absolute Gasteiger partial charge is 0.491 e. The van der Waals surface area contributed by atoms with E-state index in [2.05, 4.69) is 34.4 Å². The van der Waals surface area contributed by atoms with Crippen LogP contribution in [-0.4, -0.2) is 16.1 Å². The molecule has 0 aliphatic carbocycles. The Balaban J connectivity index is 1.81. The number of alkyl halides is 3. The van der Waals surface area contributed by atoms with Crippen LogP contribution in [0.3, 0.4) is 0 Å². The van der Waals surface area contributed by atoms with E-state index in [0.29, 0.717) is 23.0 Å². The highest BCUT2D eigenvalue weighted by atomic mass is 19.4. The molecule has 1 aromatic heterocycles. The van der Waals surface area contributed by atoms with Gasteiger partial charge in [0.1, 0.15) is 17.1 Å².